The van der Waals surface area contributed by atoms with Crippen LogP contribution < -0.4 is 4.74 Å². The molecule has 2 aliphatic heterocycles. The van der Waals surface area contributed by atoms with E-state index in [0.29, 0.717) is 6.61 Å². The van der Waals surface area contributed by atoms with Gasteiger partial charge in [-0.1, -0.05) is 18.2 Å². The van der Waals surface area contributed by atoms with Crippen LogP contribution in [0.5, 0.6) is 5.75 Å². The van der Waals surface area contributed by atoms with Gasteiger partial charge in [0, 0.05) is 32.5 Å². The molecule has 1 aromatic rings. The molecule has 2 aliphatic rings. The molecular formula is C17H23NO3. The Balaban J connectivity index is 1.51. The summed E-state index contributed by atoms with van der Waals surface area (Å²) in [4.78, 5) is 14.3. The van der Waals surface area contributed by atoms with Crippen LogP contribution in [0.3, 0.4) is 0 Å². The second kappa shape index (κ2) is 6.48. The summed E-state index contributed by atoms with van der Waals surface area (Å²) in [5.41, 5.74) is 1.17. The van der Waals surface area contributed by atoms with Gasteiger partial charge in [-0.15, -0.1) is 0 Å². The van der Waals surface area contributed by atoms with Crippen LogP contribution >= 0.6 is 0 Å². The highest BCUT2D eigenvalue weighted by Crippen LogP contribution is 2.24. The van der Waals surface area contributed by atoms with Crippen molar-refractivity contribution in [1.82, 2.24) is 4.90 Å². The Bertz CT molecular complexity index is 489. The second-order valence-electron chi connectivity index (χ2n) is 5.97. The number of hydrogen-bond acceptors (Lipinski definition) is 3. The highest BCUT2D eigenvalue weighted by atomic mass is 16.5. The fourth-order valence-corrected chi connectivity index (χ4v) is 3.05. The maximum absolute atomic E-state index is 12.3. The van der Waals surface area contributed by atoms with E-state index in [1.54, 1.807) is 0 Å². The molecule has 0 unspecified atom stereocenters. The Morgan fingerprint density at radius 2 is 2.00 bits per heavy atom. The lowest BCUT2D eigenvalue weighted by molar-refractivity contribution is -0.137. The topological polar surface area (TPSA) is 38.8 Å². The zero-order valence-corrected chi connectivity index (χ0v) is 12.6. The number of para-hydroxylation sites is 1. The van der Waals surface area contributed by atoms with Crippen LogP contribution in [0.2, 0.25) is 0 Å². The van der Waals surface area contributed by atoms with Crippen LogP contribution in [0, 0.1) is 12.8 Å². The van der Waals surface area contributed by atoms with Gasteiger partial charge in [0.2, 0.25) is 5.91 Å². The van der Waals surface area contributed by atoms with Crippen molar-refractivity contribution in [2.45, 2.75) is 32.3 Å². The molecule has 0 bridgehead atoms. The molecule has 1 amide bonds. The van der Waals surface area contributed by atoms with Gasteiger partial charge in [-0.2, -0.15) is 0 Å². The van der Waals surface area contributed by atoms with Gasteiger partial charge in [0.05, 0.1) is 12.5 Å². The van der Waals surface area contributed by atoms with Gasteiger partial charge in [-0.25, -0.2) is 0 Å². The predicted molar refractivity (Wildman–Crippen MR) is 80.3 cm³/mol. The molecule has 0 saturated carbocycles. The molecule has 1 atom stereocenters. The summed E-state index contributed by atoms with van der Waals surface area (Å²) in [7, 11) is 0. The van der Waals surface area contributed by atoms with Crippen molar-refractivity contribution in [2.24, 2.45) is 5.92 Å². The lowest BCUT2D eigenvalue weighted by Crippen LogP contribution is -2.44. The molecule has 2 fully saturated rings. The molecule has 0 aromatic heterocycles. The van der Waals surface area contributed by atoms with E-state index in [4.69, 9.17) is 9.47 Å². The molecule has 0 aliphatic carbocycles. The fraction of sp³-hybridized carbons (Fsp3) is 0.588. The minimum atomic E-state index is 0.0823. The number of likely N-dealkylation sites (tertiary alicyclic amines) is 1. The summed E-state index contributed by atoms with van der Waals surface area (Å²) in [5, 5.41) is 0. The van der Waals surface area contributed by atoms with Crippen molar-refractivity contribution in [3.63, 3.8) is 0 Å². The molecule has 4 nitrogen and oxygen atoms in total. The van der Waals surface area contributed by atoms with E-state index in [9.17, 15) is 4.79 Å². The number of amides is 1. The van der Waals surface area contributed by atoms with Gasteiger partial charge in [-0.3, -0.25) is 4.79 Å². The molecule has 2 heterocycles. The van der Waals surface area contributed by atoms with E-state index in [0.717, 1.165) is 44.7 Å². The minimum absolute atomic E-state index is 0.0823. The Hall–Kier alpha value is -1.55. The zero-order chi connectivity index (χ0) is 14.7. The van der Waals surface area contributed by atoms with Crippen molar-refractivity contribution < 1.29 is 14.3 Å². The standard InChI is InChI=1S/C17H23NO3/c1-13-4-2-3-5-16(13)21-15-6-9-18(10-7-15)17(19)14-8-11-20-12-14/h2-5,14-15H,6-12H2,1H3/t14-/m0/s1. The van der Waals surface area contributed by atoms with Crippen molar-refractivity contribution >= 4 is 5.91 Å². The molecular weight excluding hydrogens is 266 g/mol. The smallest absolute Gasteiger partial charge is 0.228 e. The summed E-state index contributed by atoms with van der Waals surface area (Å²) in [6, 6.07) is 8.10. The zero-order valence-electron chi connectivity index (χ0n) is 12.6. The lowest BCUT2D eigenvalue weighted by atomic mass is 10.0. The Kier molecular flexibility index (Phi) is 4.44. The largest absolute Gasteiger partial charge is 0.490 e. The van der Waals surface area contributed by atoms with Gasteiger partial charge >= 0.3 is 0 Å². The minimum Gasteiger partial charge on any atom is -0.490 e. The number of benzene rings is 1. The monoisotopic (exact) mass is 289 g/mol. The molecule has 0 radical (unpaired) electrons. The molecule has 1 aromatic carbocycles. The number of rotatable bonds is 3. The van der Waals surface area contributed by atoms with E-state index in [1.807, 2.05) is 23.1 Å². The maximum atomic E-state index is 12.3. The average molecular weight is 289 g/mol. The molecule has 21 heavy (non-hydrogen) atoms. The maximum Gasteiger partial charge on any atom is 0.228 e. The Morgan fingerprint density at radius 1 is 1.24 bits per heavy atom. The van der Waals surface area contributed by atoms with Crippen molar-refractivity contribution in [3.8, 4) is 5.75 Å². The first-order chi connectivity index (χ1) is 10.2. The third-order valence-electron chi connectivity index (χ3n) is 4.42. The summed E-state index contributed by atoms with van der Waals surface area (Å²) in [6.45, 7) is 4.98. The van der Waals surface area contributed by atoms with Gasteiger partial charge in [0.15, 0.2) is 0 Å². The van der Waals surface area contributed by atoms with Crippen LogP contribution in [-0.4, -0.2) is 43.2 Å². The summed E-state index contributed by atoms with van der Waals surface area (Å²) >= 11 is 0. The van der Waals surface area contributed by atoms with Crippen LogP contribution in [0.15, 0.2) is 24.3 Å². The van der Waals surface area contributed by atoms with E-state index in [-0.39, 0.29) is 17.9 Å². The predicted octanol–water partition coefficient (Wildman–Crippen LogP) is 2.40. The molecule has 3 rings (SSSR count). The van der Waals surface area contributed by atoms with Gasteiger partial charge < -0.3 is 14.4 Å². The number of aryl methyl sites for hydroxylation is 1. The summed E-state index contributed by atoms with van der Waals surface area (Å²) in [5.74, 6) is 1.31. The first-order valence-electron chi connectivity index (χ1n) is 7.83. The van der Waals surface area contributed by atoms with Gasteiger partial charge in [-0.05, 0) is 25.0 Å². The molecule has 114 valence electrons. The number of ether oxygens (including phenoxy) is 2. The van der Waals surface area contributed by atoms with Crippen LogP contribution in [0.25, 0.3) is 0 Å². The highest BCUT2D eigenvalue weighted by Gasteiger charge is 2.31. The lowest BCUT2D eigenvalue weighted by Gasteiger charge is -2.33. The van der Waals surface area contributed by atoms with Crippen LogP contribution in [0.1, 0.15) is 24.8 Å². The number of nitrogens with zero attached hydrogens (tertiary/aromatic N) is 1. The summed E-state index contributed by atoms with van der Waals surface area (Å²) in [6.07, 6.45) is 2.91. The van der Waals surface area contributed by atoms with E-state index < -0.39 is 0 Å². The van der Waals surface area contributed by atoms with E-state index >= 15 is 0 Å². The fourth-order valence-electron chi connectivity index (χ4n) is 3.05. The number of carbonyl (C=O) groups is 1. The molecule has 4 heteroatoms. The third kappa shape index (κ3) is 3.38. The van der Waals surface area contributed by atoms with Crippen LogP contribution in [0.4, 0.5) is 0 Å². The molecule has 2 saturated heterocycles. The first-order valence-corrected chi connectivity index (χ1v) is 7.83. The number of piperidine rings is 1. The molecule has 0 spiro atoms. The Morgan fingerprint density at radius 3 is 2.67 bits per heavy atom. The van der Waals surface area contributed by atoms with Gasteiger partial charge in [0.1, 0.15) is 11.9 Å². The molecule has 0 N–H and O–H groups in total. The van der Waals surface area contributed by atoms with E-state index in [2.05, 4.69) is 13.0 Å². The highest BCUT2D eigenvalue weighted by molar-refractivity contribution is 5.79. The second-order valence-corrected chi connectivity index (χ2v) is 5.97. The average Bonchev–Trinajstić information content (AvgIpc) is 3.04. The van der Waals surface area contributed by atoms with Crippen molar-refractivity contribution in [1.29, 1.82) is 0 Å². The van der Waals surface area contributed by atoms with Crippen molar-refractivity contribution in [2.75, 3.05) is 26.3 Å². The third-order valence-corrected chi connectivity index (χ3v) is 4.42. The quantitative estimate of drug-likeness (QED) is 0.857. The van der Waals surface area contributed by atoms with E-state index in [1.165, 1.54) is 5.56 Å². The number of carbonyl (C=O) groups excluding carboxylic acids is 1. The normalized spacial score (nSPS) is 23.3. The van der Waals surface area contributed by atoms with Gasteiger partial charge in [0.25, 0.3) is 0 Å². The van der Waals surface area contributed by atoms with Crippen molar-refractivity contribution in [3.05, 3.63) is 29.8 Å². The summed E-state index contributed by atoms with van der Waals surface area (Å²) < 4.78 is 11.4. The first kappa shape index (κ1) is 14.4. The Labute approximate surface area is 126 Å². The van der Waals surface area contributed by atoms with Crippen LogP contribution in [-0.2, 0) is 9.53 Å². The number of hydrogen-bond donors (Lipinski definition) is 0. The SMILES string of the molecule is Cc1ccccc1OC1CCN(C(=O)[C@H]2CCOC2)CC1.